The van der Waals surface area contributed by atoms with Crippen LogP contribution in [0.2, 0.25) is 0 Å². The molecule has 0 bridgehead atoms. The minimum atomic E-state index is -1.21. The normalized spacial score (nSPS) is 14.9. The van der Waals surface area contributed by atoms with Crippen LogP contribution < -0.4 is 34.2 Å². The Kier molecular flexibility index (Phi) is 9.90. The zero-order chi connectivity index (χ0) is 33.7. The molecule has 0 saturated heterocycles. The molecule has 1 aliphatic rings. The van der Waals surface area contributed by atoms with E-state index in [2.05, 4.69) is 0 Å². The topological polar surface area (TPSA) is 193 Å². The second-order valence-electron chi connectivity index (χ2n) is 10.0. The van der Waals surface area contributed by atoms with Crippen LogP contribution in [0.25, 0.3) is 0 Å². The van der Waals surface area contributed by atoms with Gasteiger partial charge >= 0.3 is 35.8 Å². The molecule has 14 nitrogen and oxygen atoms in total. The highest BCUT2D eigenvalue weighted by Crippen LogP contribution is 2.47. The molecule has 0 saturated carbocycles. The first-order valence-electron chi connectivity index (χ1n) is 13.7. The molecule has 3 aromatic rings. The van der Waals surface area contributed by atoms with Crippen LogP contribution >= 0.6 is 0 Å². The van der Waals surface area contributed by atoms with E-state index in [4.69, 9.17) is 38.9 Å². The SMILES string of the molecule is CC(=O)Oc1cc(OC(C)=O)c2c(c1)O[C@H](c1cc(OC(C)=O)c(OC(C)=O)c(OC(C)=O)c1)[C@H](OC(=O)c1ccc(N)cc1)C2. The van der Waals surface area contributed by atoms with Crippen molar-refractivity contribution in [1.82, 2.24) is 0 Å². The lowest BCUT2D eigenvalue weighted by atomic mass is 9.93. The van der Waals surface area contributed by atoms with Gasteiger partial charge in [0.15, 0.2) is 17.6 Å². The molecule has 0 aliphatic carbocycles. The largest absolute Gasteiger partial charge is 0.481 e. The van der Waals surface area contributed by atoms with Crippen molar-refractivity contribution < 1.29 is 61.9 Å². The Bertz CT molecular complexity index is 1690. The van der Waals surface area contributed by atoms with E-state index in [0.717, 1.165) is 20.8 Å². The van der Waals surface area contributed by atoms with Gasteiger partial charge in [-0.05, 0) is 36.4 Å². The van der Waals surface area contributed by atoms with Crippen molar-refractivity contribution in [1.29, 1.82) is 0 Å². The van der Waals surface area contributed by atoms with E-state index in [9.17, 15) is 28.8 Å². The fourth-order valence-electron chi connectivity index (χ4n) is 4.57. The Labute approximate surface area is 262 Å². The van der Waals surface area contributed by atoms with Gasteiger partial charge in [0, 0.05) is 70.0 Å². The van der Waals surface area contributed by atoms with Gasteiger partial charge in [0.05, 0.1) is 5.56 Å². The molecule has 1 heterocycles. The molecule has 0 amide bonds. The van der Waals surface area contributed by atoms with Gasteiger partial charge in [0.1, 0.15) is 23.4 Å². The first-order valence-corrected chi connectivity index (χ1v) is 13.7. The van der Waals surface area contributed by atoms with Crippen LogP contribution in [0.5, 0.6) is 34.5 Å². The Balaban J connectivity index is 1.91. The molecule has 0 spiro atoms. The van der Waals surface area contributed by atoms with Crippen LogP contribution in [-0.2, 0) is 35.1 Å². The number of ether oxygens (including phenoxy) is 7. The van der Waals surface area contributed by atoms with Crippen LogP contribution in [0.1, 0.15) is 62.2 Å². The third-order valence-electron chi connectivity index (χ3n) is 6.18. The maximum absolute atomic E-state index is 13.3. The molecule has 0 radical (unpaired) electrons. The Morgan fingerprint density at radius 2 is 1.20 bits per heavy atom. The second-order valence-corrected chi connectivity index (χ2v) is 10.0. The number of rotatable bonds is 8. The maximum Gasteiger partial charge on any atom is 0.338 e. The fourth-order valence-corrected chi connectivity index (χ4v) is 4.57. The van der Waals surface area contributed by atoms with Gasteiger partial charge in [0.2, 0.25) is 5.75 Å². The minimum Gasteiger partial charge on any atom is -0.481 e. The summed E-state index contributed by atoms with van der Waals surface area (Å²) < 4.78 is 38.6. The molecular weight excluding hydrogens is 606 g/mol. The molecule has 2 atom stereocenters. The van der Waals surface area contributed by atoms with Gasteiger partial charge in [-0.3, -0.25) is 24.0 Å². The summed E-state index contributed by atoms with van der Waals surface area (Å²) in [6.07, 6.45) is -2.46. The van der Waals surface area contributed by atoms with Crippen molar-refractivity contribution in [3.8, 4) is 34.5 Å². The number of esters is 6. The predicted octanol–water partition coefficient (Wildman–Crippen LogP) is 3.80. The highest BCUT2D eigenvalue weighted by Gasteiger charge is 2.38. The first kappa shape index (κ1) is 33.0. The highest BCUT2D eigenvalue weighted by atomic mass is 16.6. The van der Waals surface area contributed by atoms with Crippen molar-refractivity contribution in [2.45, 2.75) is 53.2 Å². The number of fused-ring (bicyclic) bond motifs is 1. The van der Waals surface area contributed by atoms with Crippen LogP contribution in [0, 0.1) is 0 Å². The maximum atomic E-state index is 13.3. The van der Waals surface area contributed by atoms with E-state index in [-0.39, 0.29) is 52.0 Å². The number of nitrogens with two attached hydrogens (primary N) is 1. The van der Waals surface area contributed by atoms with Gasteiger partial charge < -0.3 is 38.9 Å². The first-order chi connectivity index (χ1) is 21.7. The zero-order valence-corrected chi connectivity index (χ0v) is 25.4. The summed E-state index contributed by atoms with van der Waals surface area (Å²) in [6, 6.07) is 11.2. The monoisotopic (exact) mass is 635 g/mol. The summed E-state index contributed by atoms with van der Waals surface area (Å²) in [7, 11) is 0. The number of carbonyl (C=O) groups excluding carboxylic acids is 6. The van der Waals surface area contributed by atoms with E-state index in [1.807, 2.05) is 0 Å². The quantitative estimate of drug-likeness (QED) is 0.213. The van der Waals surface area contributed by atoms with Gasteiger partial charge in [-0.25, -0.2) is 4.79 Å². The number of carbonyl (C=O) groups is 6. The molecule has 0 unspecified atom stereocenters. The molecule has 3 aromatic carbocycles. The summed E-state index contributed by atoms with van der Waals surface area (Å²) in [4.78, 5) is 72.9. The van der Waals surface area contributed by atoms with Crippen molar-refractivity contribution in [3.05, 3.63) is 65.2 Å². The molecular formula is C32H29NO13. The zero-order valence-electron chi connectivity index (χ0n) is 25.4. The smallest absolute Gasteiger partial charge is 0.338 e. The molecule has 0 aromatic heterocycles. The average molecular weight is 636 g/mol. The number of hydrogen-bond donors (Lipinski definition) is 1. The van der Waals surface area contributed by atoms with Crippen molar-refractivity contribution in [2.24, 2.45) is 0 Å². The number of benzene rings is 3. The van der Waals surface area contributed by atoms with Gasteiger partial charge in [0.25, 0.3) is 0 Å². The van der Waals surface area contributed by atoms with Gasteiger partial charge in [-0.1, -0.05) is 0 Å². The second kappa shape index (κ2) is 13.8. The van der Waals surface area contributed by atoms with E-state index in [1.165, 1.54) is 62.4 Å². The van der Waals surface area contributed by atoms with Gasteiger partial charge in [-0.15, -0.1) is 0 Å². The molecule has 2 N–H and O–H groups in total. The summed E-state index contributed by atoms with van der Waals surface area (Å²) in [5, 5.41) is 0. The van der Waals surface area contributed by atoms with E-state index in [0.29, 0.717) is 11.3 Å². The molecule has 14 heteroatoms. The lowest BCUT2D eigenvalue weighted by Gasteiger charge is -2.34. The summed E-state index contributed by atoms with van der Waals surface area (Å²) in [5.41, 5.74) is 6.78. The lowest BCUT2D eigenvalue weighted by Crippen LogP contribution is -2.35. The highest BCUT2D eigenvalue weighted by molar-refractivity contribution is 5.90. The molecule has 0 fully saturated rings. The lowest BCUT2D eigenvalue weighted by molar-refractivity contribution is -0.135. The molecule has 1 aliphatic heterocycles. The van der Waals surface area contributed by atoms with Crippen molar-refractivity contribution in [3.63, 3.8) is 0 Å². The van der Waals surface area contributed by atoms with Crippen LogP contribution in [0.15, 0.2) is 48.5 Å². The standard InChI is InChI=1S/C32H29NO13/c1-15(34)40-23-12-25(41-16(2)35)24-14-29(46-32(39)20-6-8-22(33)9-7-20)30(45-26(24)13-23)21-10-27(42-17(3)36)31(44-19(5)38)28(11-21)43-18(4)37/h6-13,29-30H,14,33H2,1-5H3/t29-,30-/m1/s1. The third kappa shape index (κ3) is 8.16. The van der Waals surface area contributed by atoms with E-state index >= 15 is 0 Å². The van der Waals surface area contributed by atoms with Crippen LogP contribution in [0.4, 0.5) is 5.69 Å². The summed E-state index contributed by atoms with van der Waals surface area (Å²) in [6.45, 7) is 5.66. The number of anilines is 1. The van der Waals surface area contributed by atoms with Crippen molar-refractivity contribution >= 4 is 41.5 Å². The minimum absolute atomic E-state index is 0.00928. The third-order valence-corrected chi connectivity index (χ3v) is 6.18. The molecule has 4 rings (SSSR count). The molecule has 240 valence electrons. The fraction of sp³-hybridized carbons (Fsp3) is 0.250. The number of hydrogen-bond acceptors (Lipinski definition) is 14. The summed E-state index contributed by atoms with van der Waals surface area (Å²) >= 11 is 0. The average Bonchev–Trinajstić information content (AvgIpc) is 2.93. The predicted molar refractivity (Wildman–Crippen MR) is 157 cm³/mol. The summed E-state index contributed by atoms with van der Waals surface area (Å²) in [5.74, 6) is -5.39. The number of nitrogen functional groups attached to an aromatic ring is 1. The van der Waals surface area contributed by atoms with Gasteiger partial charge in [-0.2, -0.15) is 0 Å². The Morgan fingerprint density at radius 3 is 1.72 bits per heavy atom. The van der Waals surface area contributed by atoms with Crippen LogP contribution in [0.3, 0.4) is 0 Å². The molecule has 46 heavy (non-hydrogen) atoms. The van der Waals surface area contributed by atoms with Crippen LogP contribution in [-0.4, -0.2) is 41.9 Å². The van der Waals surface area contributed by atoms with Crippen molar-refractivity contribution in [2.75, 3.05) is 5.73 Å². The van der Waals surface area contributed by atoms with E-state index < -0.39 is 48.0 Å². The Morgan fingerprint density at radius 1 is 0.674 bits per heavy atom. The van der Waals surface area contributed by atoms with E-state index in [1.54, 1.807) is 0 Å². The Hall–Kier alpha value is -5.92.